The fourth-order valence-electron chi connectivity index (χ4n) is 2.27. The Morgan fingerprint density at radius 2 is 2.32 bits per heavy atom. The third-order valence-electron chi connectivity index (χ3n) is 3.30. The number of hydrogen-bond donors (Lipinski definition) is 0. The first-order chi connectivity index (χ1) is 9.08. The molecule has 1 saturated heterocycles. The maximum Gasteiger partial charge on any atom is 0.271 e. The highest BCUT2D eigenvalue weighted by molar-refractivity contribution is 6.33. The zero-order chi connectivity index (χ0) is 13.8. The lowest BCUT2D eigenvalue weighted by molar-refractivity contribution is -0.384. The number of nitro benzene ring substituents is 1. The van der Waals surface area contributed by atoms with Gasteiger partial charge >= 0.3 is 0 Å². The van der Waals surface area contributed by atoms with Gasteiger partial charge in [0.1, 0.15) is 0 Å². The van der Waals surface area contributed by atoms with E-state index in [9.17, 15) is 10.1 Å². The van der Waals surface area contributed by atoms with Crippen molar-refractivity contribution >= 4 is 23.0 Å². The van der Waals surface area contributed by atoms with E-state index >= 15 is 0 Å². The van der Waals surface area contributed by atoms with Crippen molar-refractivity contribution in [2.75, 3.05) is 25.1 Å². The Morgan fingerprint density at radius 3 is 2.89 bits per heavy atom. The normalized spacial score (nSPS) is 19.2. The summed E-state index contributed by atoms with van der Waals surface area (Å²) in [6.07, 6.45) is 3.57. The summed E-state index contributed by atoms with van der Waals surface area (Å²) in [5.41, 5.74) is 0.803. The van der Waals surface area contributed by atoms with Gasteiger partial charge in [0.25, 0.3) is 5.69 Å². The van der Waals surface area contributed by atoms with Crippen LogP contribution in [-0.4, -0.2) is 31.2 Å². The van der Waals surface area contributed by atoms with Gasteiger partial charge in [-0.15, -0.1) is 0 Å². The molecule has 1 unspecified atom stereocenters. The summed E-state index contributed by atoms with van der Waals surface area (Å²) in [6, 6.07) is 4.54. The third-order valence-corrected chi connectivity index (χ3v) is 3.61. The van der Waals surface area contributed by atoms with Gasteiger partial charge in [-0.3, -0.25) is 10.1 Å². The predicted molar refractivity (Wildman–Crippen MR) is 75.0 cm³/mol. The van der Waals surface area contributed by atoms with Crippen LogP contribution in [0.5, 0.6) is 0 Å². The van der Waals surface area contributed by atoms with Crippen LogP contribution in [0.4, 0.5) is 11.4 Å². The molecular weight excluding hydrogens is 268 g/mol. The van der Waals surface area contributed by atoms with Crippen LogP contribution in [-0.2, 0) is 4.74 Å². The van der Waals surface area contributed by atoms with E-state index in [0.717, 1.165) is 31.7 Å². The molecule has 1 aliphatic rings. The molecule has 1 aromatic rings. The Morgan fingerprint density at radius 1 is 1.53 bits per heavy atom. The molecule has 104 valence electrons. The van der Waals surface area contributed by atoms with Crippen molar-refractivity contribution in [1.82, 2.24) is 0 Å². The molecule has 1 heterocycles. The number of ether oxygens (including phenoxy) is 1. The lowest BCUT2D eigenvalue weighted by atomic mass is 10.1. The summed E-state index contributed by atoms with van der Waals surface area (Å²) in [5.74, 6) is 0. The molecule has 1 atom stereocenters. The molecule has 2 rings (SSSR count). The Bertz CT molecular complexity index is 461. The van der Waals surface area contributed by atoms with Crippen LogP contribution in [0.2, 0.25) is 5.02 Å². The summed E-state index contributed by atoms with van der Waals surface area (Å²) in [4.78, 5) is 12.2. The van der Waals surface area contributed by atoms with E-state index in [1.807, 2.05) is 11.9 Å². The molecule has 1 aliphatic heterocycles. The number of rotatable bonds is 4. The lowest BCUT2D eigenvalue weighted by Crippen LogP contribution is -2.33. The van der Waals surface area contributed by atoms with E-state index in [4.69, 9.17) is 16.3 Å². The first-order valence-electron chi connectivity index (χ1n) is 6.34. The van der Waals surface area contributed by atoms with Gasteiger partial charge in [-0.25, -0.2) is 0 Å². The van der Waals surface area contributed by atoms with Gasteiger partial charge in [0.15, 0.2) is 0 Å². The molecule has 0 aromatic heterocycles. The largest absolute Gasteiger partial charge is 0.376 e. The summed E-state index contributed by atoms with van der Waals surface area (Å²) in [5, 5.41) is 11.1. The molecule has 19 heavy (non-hydrogen) atoms. The summed E-state index contributed by atoms with van der Waals surface area (Å²) < 4.78 is 5.68. The molecule has 0 N–H and O–H groups in total. The van der Waals surface area contributed by atoms with Crippen LogP contribution < -0.4 is 4.90 Å². The Labute approximate surface area is 117 Å². The molecule has 0 spiro atoms. The summed E-state index contributed by atoms with van der Waals surface area (Å²) >= 11 is 6.10. The quantitative estimate of drug-likeness (QED) is 0.629. The number of nitrogens with zero attached hydrogens (tertiary/aromatic N) is 2. The minimum atomic E-state index is -0.445. The third kappa shape index (κ3) is 3.58. The van der Waals surface area contributed by atoms with Gasteiger partial charge in [-0.2, -0.15) is 0 Å². The summed E-state index contributed by atoms with van der Waals surface area (Å²) in [6.45, 7) is 1.56. The van der Waals surface area contributed by atoms with Crippen LogP contribution in [0.25, 0.3) is 0 Å². The highest BCUT2D eigenvalue weighted by Crippen LogP contribution is 2.29. The van der Waals surface area contributed by atoms with E-state index in [1.54, 1.807) is 6.07 Å². The van der Waals surface area contributed by atoms with Gasteiger partial charge in [-0.1, -0.05) is 11.6 Å². The van der Waals surface area contributed by atoms with Crippen LogP contribution >= 0.6 is 11.6 Å². The van der Waals surface area contributed by atoms with E-state index in [-0.39, 0.29) is 11.8 Å². The van der Waals surface area contributed by atoms with E-state index in [2.05, 4.69) is 0 Å². The number of benzene rings is 1. The van der Waals surface area contributed by atoms with Crippen LogP contribution in [0.1, 0.15) is 19.3 Å². The molecule has 0 bridgehead atoms. The molecule has 0 saturated carbocycles. The van der Waals surface area contributed by atoms with E-state index in [0.29, 0.717) is 5.02 Å². The second kappa shape index (κ2) is 6.21. The highest BCUT2D eigenvalue weighted by atomic mass is 35.5. The number of anilines is 1. The molecule has 1 aromatic carbocycles. The lowest BCUT2D eigenvalue weighted by Gasteiger charge is -2.29. The molecule has 5 nitrogen and oxygen atoms in total. The van der Waals surface area contributed by atoms with Crippen molar-refractivity contribution in [3.63, 3.8) is 0 Å². The average Bonchev–Trinajstić information content (AvgIpc) is 2.39. The number of non-ortho nitro benzene ring substituents is 1. The first-order valence-corrected chi connectivity index (χ1v) is 6.72. The van der Waals surface area contributed by atoms with Gasteiger partial charge in [0, 0.05) is 32.3 Å². The minimum Gasteiger partial charge on any atom is -0.376 e. The first kappa shape index (κ1) is 14.1. The summed E-state index contributed by atoms with van der Waals surface area (Å²) in [7, 11) is 1.92. The number of halogens is 1. The molecule has 6 heteroatoms. The van der Waals surface area contributed by atoms with Crippen LogP contribution in [0, 0.1) is 10.1 Å². The molecule has 0 radical (unpaired) electrons. The van der Waals surface area contributed by atoms with E-state index < -0.39 is 4.92 Å². The Balaban J connectivity index is 2.05. The maximum atomic E-state index is 10.7. The maximum absolute atomic E-state index is 10.7. The second-order valence-corrected chi connectivity index (χ2v) is 5.17. The van der Waals surface area contributed by atoms with Gasteiger partial charge in [0.2, 0.25) is 0 Å². The van der Waals surface area contributed by atoms with Crippen molar-refractivity contribution in [2.24, 2.45) is 0 Å². The van der Waals surface area contributed by atoms with Crippen molar-refractivity contribution in [3.8, 4) is 0 Å². The van der Waals surface area contributed by atoms with Gasteiger partial charge < -0.3 is 9.64 Å². The fourth-order valence-corrected chi connectivity index (χ4v) is 2.59. The van der Waals surface area contributed by atoms with E-state index in [1.165, 1.54) is 18.6 Å². The number of likely N-dealkylation sites (N-methyl/N-ethyl adjacent to an activating group) is 1. The van der Waals surface area contributed by atoms with Crippen LogP contribution in [0.15, 0.2) is 18.2 Å². The monoisotopic (exact) mass is 284 g/mol. The smallest absolute Gasteiger partial charge is 0.271 e. The van der Waals surface area contributed by atoms with Crippen molar-refractivity contribution in [2.45, 2.75) is 25.4 Å². The van der Waals surface area contributed by atoms with Crippen molar-refractivity contribution < 1.29 is 9.66 Å². The molecular formula is C13H17ClN2O3. The Hall–Kier alpha value is -1.33. The SMILES string of the molecule is CN(CC1CCCCO1)c1ccc([N+](=O)[O-])cc1Cl. The second-order valence-electron chi connectivity index (χ2n) is 4.76. The average molecular weight is 285 g/mol. The number of nitro groups is 1. The molecule has 0 amide bonds. The standard InChI is InChI=1S/C13H17ClN2O3/c1-15(9-11-4-2-3-7-19-11)13-6-5-10(16(17)18)8-12(13)14/h5-6,8,11H,2-4,7,9H2,1H3. The zero-order valence-electron chi connectivity index (χ0n) is 10.8. The van der Waals surface area contributed by atoms with Crippen LogP contribution in [0.3, 0.4) is 0 Å². The molecule has 0 aliphatic carbocycles. The Kier molecular flexibility index (Phi) is 4.61. The van der Waals surface area contributed by atoms with Gasteiger partial charge in [0.05, 0.1) is 21.7 Å². The molecule has 1 fully saturated rings. The van der Waals surface area contributed by atoms with Crippen molar-refractivity contribution in [1.29, 1.82) is 0 Å². The predicted octanol–water partition coefficient (Wildman–Crippen LogP) is 3.25. The fraction of sp³-hybridized carbons (Fsp3) is 0.538. The van der Waals surface area contributed by atoms with Crippen molar-refractivity contribution in [3.05, 3.63) is 33.3 Å². The number of hydrogen-bond acceptors (Lipinski definition) is 4. The minimum absolute atomic E-state index is 0.0102. The highest BCUT2D eigenvalue weighted by Gasteiger charge is 2.18. The van der Waals surface area contributed by atoms with Gasteiger partial charge in [-0.05, 0) is 25.3 Å². The topological polar surface area (TPSA) is 55.6 Å². The zero-order valence-corrected chi connectivity index (χ0v) is 11.6.